The molecule has 90 valence electrons. The van der Waals surface area contributed by atoms with Crippen molar-refractivity contribution in [3.63, 3.8) is 0 Å². The first-order valence-electron chi connectivity index (χ1n) is 5.55. The Morgan fingerprint density at radius 2 is 2.29 bits per heavy atom. The Hall–Kier alpha value is -1.32. The third kappa shape index (κ3) is 3.08. The van der Waals surface area contributed by atoms with Crippen LogP contribution in [0.1, 0.15) is 30.2 Å². The van der Waals surface area contributed by atoms with Crippen molar-refractivity contribution in [3.8, 4) is 0 Å². The minimum absolute atomic E-state index is 0.176. The van der Waals surface area contributed by atoms with Gasteiger partial charge in [0.25, 0.3) is 0 Å². The van der Waals surface area contributed by atoms with Crippen molar-refractivity contribution in [1.29, 1.82) is 0 Å². The van der Waals surface area contributed by atoms with Gasteiger partial charge in [0.2, 0.25) is 0 Å². The molecule has 0 saturated heterocycles. The molecule has 0 amide bonds. The Kier molecular flexibility index (Phi) is 3.82. The zero-order chi connectivity index (χ0) is 12.3. The van der Waals surface area contributed by atoms with Crippen LogP contribution >= 0.6 is 11.6 Å². The fourth-order valence-corrected chi connectivity index (χ4v) is 1.78. The lowest BCUT2D eigenvalue weighted by atomic mass is 10.1. The normalized spacial score (nSPS) is 12.6. The first-order chi connectivity index (χ1) is 8.19. The van der Waals surface area contributed by atoms with Gasteiger partial charge in [-0.3, -0.25) is 0 Å². The lowest BCUT2D eigenvalue weighted by Gasteiger charge is -2.04. The molecular formula is C13H15ClN2O. The van der Waals surface area contributed by atoms with Crippen molar-refractivity contribution >= 4 is 11.6 Å². The second-order valence-electron chi connectivity index (χ2n) is 3.97. The molecule has 0 spiro atoms. The molecule has 1 heterocycles. The fourth-order valence-electron chi connectivity index (χ4n) is 1.57. The number of hydrogen-bond acceptors (Lipinski definition) is 3. The molecule has 0 aliphatic carbocycles. The topological polar surface area (TPSA) is 38.1 Å². The number of nitrogens with one attached hydrogen (secondary N) is 1. The maximum atomic E-state index is 5.93. The van der Waals surface area contributed by atoms with Crippen LogP contribution in [0.5, 0.6) is 0 Å². The second-order valence-corrected chi connectivity index (χ2v) is 4.41. The molecule has 1 aromatic carbocycles. The number of aromatic nitrogens is 1. The van der Waals surface area contributed by atoms with E-state index in [1.165, 1.54) is 0 Å². The van der Waals surface area contributed by atoms with Gasteiger partial charge in [0.15, 0.2) is 5.89 Å². The van der Waals surface area contributed by atoms with Gasteiger partial charge >= 0.3 is 0 Å². The highest BCUT2D eigenvalue weighted by atomic mass is 35.5. The van der Waals surface area contributed by atoms with Gasteiger partial charge in [0, 0.05) is 11.4 Å². The number of oxazole rings is 1. The first-order valence-corrected chi connectivity index (χ1v) is 5.93. The maximum absolute atomic E-state index is 5.93. The molecule has 0 radical (unpaired) electrons. The average Bonchev–Trinajstić information content (AvgIpc) is 2.76. The molecule has 1 N–H and O–H groups in total. The predicted octanol–water partition coefficient (Wildman–Crippen LogP) is 3.20. The SMILES string of the molecule is CNC(C)c1cnc(Cc2cccc(Cl)c2)o1. The van der Waals surface area contributed by atoms with Crippen LogP contribution < -0.4 is 5.32 Å². The zero-order valence-corrected chi connectivity index (χ0v) is 10.7. The van der Waals surface area contributed by atoms with Gasteiger partial charge in [-0.2, -0.15) is 0 Å². The highest BCUT2D eigenvalue weighted by molar-refractivity contribution is 6.30. The van der Waals surface area contributed by atoms with E-state index in [9.17, 15) is 0 Å². The summed E-state index contributed by atoms with van der Waals surface area (Å²) in [5.41, 5.74) is 1.10. The molecule has 4 heteroatoms. The van der Waals surface area contributed by atoms with E-state index < -0.39 is 0 Å². The summed E-state index contributed by atoms with van der Waals surface area (Å²) >= 11 is 5.93. The van der Waals surface area contributed by atoms with Gasteiger partial charge in [-0.15, -0.1) is 0 Å². The van der Waals surface area contributed by atoms with Crippen LogP contribution in [0, 0.1) is 0 Å². The van der Waals surface area contributed by atoms with Crippen LogP contribution in [-0.4, -0.2) is 12.0 Å². The van der Waals surface area contributed by atoms with E-state index in [2.05, 4.69) is 10.3 Å². The molecule has 1 aromatic heterocycles. The van der Waals surface area contributed by atoms with Gasteiger partial charge in [0.05, 0.1) is 12.2 Å². The number of benzene rings is 1. The summed E-state index contributed by atoms with van der Waals surface area (Å²) < 4.78 is 5.66. The Balaban J connectivity index is 2.11. The molecule has 0 saturated carbocycles. The lowest BCUT2D eigenvalue weighted by Crippen LogP contribution is -2.11. The van der Waals surface area contributed by atoms with Crippen LogP contribution in [-0.2, 0) is 6.42 Å². The van der Waals surface area contributed by atoms with Crippen LogP contribution in [0.15, 0.2) is 34.9 Å². The summed E-state index contributed by atoms with van der Waals surface area (Å²) in [6.07, 6.45) is 2.43. The Bertz CT molecular complexity index is 496. The highest BCUT2D eigenvalue weighted by Crippen LogP contribution is 2.17. The molecule has 0 aliphatic rings. The molecule has 0 bridgehead atoms. The smallest absolute Gasteiger partial charge is 0.198 e. The third-order valence-electron chi connectivity index (χ3n) is 2.68. The molecule has 2 rings (SSSR count). The quantitative estimate of drug-likeness (QED) is 0.906. The van der Waals surface area contributed by atoms with Gasteiger partial charge in [-0.1, -0.05) is 23.7 Å². The molecule has 3 nitrogen and oxygen atoms in total. The maximum Gasteiger partial charge on any atom is 0.198 e. The van der Waals surface area contributed by atoms with Crippen LogP contribution in [0.3, 0.4) is 0 Å². The molecule has 0 aliphatic heterocycles. The van der Waals surface area contributed by atoms with Gasteiger partial charge in [0.1, 0.15) is 5.76 Å². The minimum Gasteiger partial charge on any atom is -0.444 e. The van der Waals surface area contributed by atoms with E-state index in [1.807, 2.05) is 38.2 Å². The van der Waals surface area contributed by atoms with Crippen molar-refractivity contribution in [2.45, 2.75) is 19.4 Å². The summed E-state index contributed by atoms with van der Waals surface area (Å²) in [5, 5.41) is 3.85. The predicted molar refractivity (Wildman–Crippen MR) is 68.2 cm³/mol. The molecule has 1 atom stereocenters. The standard InChI is InChI=1S/C13H15ClN2O/c1-9(15-2)12-8-16-13(17-12)7-10-4-3-5-11(14)6-10/h3-6,8-9,15H,7H2,1-2H3. The van der Waals surface area contributed by atoms with Crippen LogP contribution in [0.25, 0.3) is 0 Å². The van der Waals surface area contributed by atoms with Crippen LogP contribution in [0.4, 0.5) is 0 Å². The average molecular weight is 251 g/mol. The van der Waals surface area contributed by atoms with Crippen LogP contribution in [0.2, 0.25) is 5.02 Å². The fraction of sp³-hybridized carbons (Fsp3) is 0.308. The van der Waals surface area contributed by atoms with Crippen molar-refractivity contribution in [3.05, 3.63) is 52.7 Å². The van der Waals surface area contributed by atoms with E-state index in [4.69, 9.17) is 16.0 Å². The van der Waals surface area contributed by atoms with E-state index in [0.717, 1.165) is 16.3 Å². The second kappa shape index (κ2) is 5.34. The summed E-state index contributed by atoms with van der Waals surface area (Å²) in [7, 11) is 1.89. The van der Waals surface area contributed by atoms with E-state index >= 15 is 0 Å². The summed E-state index contributed by atoms with van der Waals surface area (Å²) in [6.45, 7) is 2.03. The molecule has 1 unspecified atom stereocenters. The van der Waals surface area contributed by atoms with Crippen molar-refractivity contribution < 1.29 is 4.42 Å². The highest BCUT2D eigenvalue weighted by Gasteiger charge is 2.10. The van der Waals surface area contributed by atoms with E-state index in [0.29, 0.717) is 12.3 Å². The molecular weight excluding hydrogens is 236 g/mol. The van der Waals surface area contributed by atoms with Crippen molar-refractivity contribution in [2.75, 3.05) is 7.05 Å². The summed E-state index contributed by atoms with van der Waals surface area (Å²) in [5.74, 6) is 1.56. The first kappa shape index (κ1) is 12.1. The van der Waals surface area contributed by atoms with Crippen molar-refractivity contribution in [2.24, 2.45) is 0 Å². The Morgan fingerprint density at radius 3 is 3.00 bits per heavy atom. The van der Waals surface area contributed by atoms with Gasteiger partial charge in [-0.25, -0.2) is 4.98 Å². The number of halogens is 1. The number of rotatable bonds is 4. The van der Waals surface area contributed by atoms with Crippen molar-refractivity contribution in [1.82, 2.24) is 10.3 Å². The van der Waals surface area contributed by atoms with E-state index in [-0.39, 0.29) is 6.04 Å². The monoisotopic (exact) mass is 250 g/mol. The summed E-state index contributed by atoms with van der Waals surface area (Å²) in [4.78, 5) is 4.26. The molecule has 2 aromatic rings. The lowest BCUT2D eigenvalue weighted by molar-refractivity contribution is 0.420. The zero-order valence-electron chi connectivity index (χ0n) is 9.90. The van der Waals surface area contributed by atoms with Gasteiger partial charge in [-0.05, 0) is 31.7 Å². The number of hydrogen-bond donors (Lipinski definition) is 1. The largest absolute Gasteiger partial charge is 0.444 e. The molecule has 0 fully saturated rings. The Morgan fingerprint density at radius 1 is 1.47 bits per heavy atom. The molecule has 17 heavy (non-hydrogen) atoms. The number of nitrogens with zero attached hydrogens (tertiary/aromatic N) is 1. The minimum atomic E-state index is 0.176. The Labute approximate surface area is 106 Å². The third-order valence-corrected chi connectivity index (χ3v) is 2.91. The van der Waals surface area contributed by atoms with E-state index in [1.54, 1.807) is 6.20 Å². The summed E-state index contributed by atoms with van der Waals surface area (Å²) in [6, 6.07) is 7.90. The van der Waals surface area contributed by atoms with Gasteiger partial charge < -0.3 is 9.73 Å².